The first-order chi connectivity index (χ1) is 9.66. The van der Waals surface area contributed by atoms with Gasteiger partial charge in [0.15, 0.2) is 0 Å². The largest absolute Gasteiger partial charge is 0.387 e. The first-order valence-electron chi connectivity index (χ1n) is 6.39. The van der Waals surface area contributed by atoms with Crippen LogP contribution in [0.15, 0.2) is 42.7 Å². The van der Waals surface area contributed by atoms with Crippen molar-refractivity contribution in [1.82, 2.24) is 10.3 Å². The number of benzene rings is 1. The second kappa shape index (κ2) is 7.60. The maximum absolute atomic E-state index is 10.1. The van der Waals surface area contributed by atoms with Crippen LogP contribution >= 0.6 is 23.2 Å². The van der Waals surface area contributed by atoms with E-state index in [-0.39, 0.29) is 0 Å². The molecule has 0 saturated carbocycles. The molecule has 0 aliphatic rings. The van der Waals surface area contributed by atoms with Crippen LogP contribution in [0.4, 0.5) is 0 Å². The summed E-state index contributed by atoms with van der Waals surface area (Å²) in [5.74, 6) is 0. The smallest absolute Gasteiger partial charge is 0.0929 e. The molecule has 1 aromatic carbocycles. The van der Waals surface area contributed by atoms with E-state index in [0.29, 0.717) is 22.2 Å². The second-order valence-electron chi connectivity index (χ2n) is 4.50. The molecule has 2 rings (SSSR count). The molecule has 0 aliphatic heterocycles. The Bertz CT molecular complexity index is 549. The van der Waals surface area contributed by atoms with E-state index in [2.05, 4.69) is 10.3 Å². The van der Waals surface area contributed by atoms with Crippen molar-refractivity contribution in [2.75, 3.05) is 13.1 Å². The Kier molecular flexibility index (Phi) is 5.80. The number of hydrogen-bond donors (Lipinski definition) is 2. The summed E-state index contributed by atoms with van der Waals surface area (Å²) in [6.45, 7) is 1.20. The number of hydrogen-bond acceptors (Lipinski definition) is 3. The number of nitrogens with zero attached hydrogens (tertiary/aromatic N) is 1. The highest BCUT2D eigenvalue weighted by Gasteiger charge is 2.11. The van der Waals surface area contributed by atoms with Crippen LogP contribution in [0.5, 0.6) is 0 Å². The highest BCUT2D eigenvalue weighted by Crippen LogP contribution is 2.25. The summed E-state index contributed by atoms with van der Waals surface area (Å²) in [6.07, 6.45) is 3.78. The Hall–Kier alpha value is -1.13. The molecule has 0 radical (unpaired) electrons. The van der Waals surface area contributed by atoms with E-state index in [9.17, 15) is 5.11 Å². The molecular weight excluding hydrogens is 295 g/mol. The number of aliphatic hydroxyl groups excluding tert-OH is 1. The molecule has 2 aromatic rings. The fraction of sp³-hybridized carbons (Fsp3) is 0.267. The highest BCUT2D eigenvalue weighted by atomic mass is 35.5. The van der Waals surface area contributed by atoms with Crippen LogP contribution in [0, 0.1) is 0 Å². The summed E-state index contributed by atoms with van der Waals surface area (Å²) in [4.78, 5) is 4.06. The van der Waals surface area contributed by atoms with Gasteiger partial charge in [0, 0.05) is 34.5 Å². The SMILES string of the molecule is OC(CNCCc1cccnc1)c1cc(Cl)ccc1Cl. The minimum absolute atomic E-state index is 0.431. The van der Waals surface area contributed by atoms with E-state index in [1.807, 2.05) is 18.3 Å². The van der Waals surface area contributed by atoms with Gasteiger partial charge in [0.25, 0.3) is 0 Å². The molecule has 5 heteroatoms. The van der Waals surface area contributed by atoms with Gasteiger partial charge in [0.2, 0.25) is 0 Å². The molecule has 0 amide bonds. The number of rotatable bonds is 6. The monoisotopic (exact) mass is 310 g/mol. The molecule has 1 unspecified atom stereocenters. The second-order valence-corrected chi connectivity index (χ2v) is 5.34. The fourth-order valence-corrected chi connectivity index (χ4v) is 2.32. The lowest BCUT2D eigenvalue weighted by Crippen LogP contribution is -2.24. The van der Waals surface area contributed by atoms with Gasteiger partial charge in [-0.2, -0.15) is 0 Å². The first-order valence-corrected chi connectivity index (χ1v) is 7.15. The molecule has 0 aliphatic carbocycles. The summed E-state index contributed by atoms with van der Waals surface area (Å²) >= 11 is 12.0. The summed E-state index contributed by atoms with van der Waals surface area (Å²) in [7, 11) is 0. The zero-order valence-electron chi connectivity index (χ0n) is 10.9. The van der Waals surface area contributed by atoms with Gasteiger partial charge in [-0.25, -0.2) is 0 Å². The topological polar surface area (TPSA) is 45.1 Å². The molecule has 20 heavy (non-hydrogen) atoms. The Morgan fingerprint density at radius 2 is 2.10 bits per heavy atom. The average molecular weight is 311 g/mol. The van der Waals surface area contributed by atoms with E-state index in [4.69, 9.17) is 23.2 Å². The first kappa shape index (κ1) is 15.3. The molecule has 1 aromatic heterocycles. The lowest BCUT2D eigenvalue weighted by molar-refractivity contribution is 0.175. The molecule has 1 heterocycles. The minimum Gasteiger partial charge on any atom is -0.387 e. The van der Waals surface area contributed by atoms with Gasteiger partial charge in [-0.05, 0) is 42.8 Å². The van der Waals surface area contributed by atoms with Crippen molar-refractivity contribution in [1.29, 1.82) is 0 Å². The van der Waals surface area contributed by atoms with Gasteiger partial charge in [0.05, 0.1) is 6.10 Å². The van der Waals surface area contributed by atoms with Crippen molar-refractivity contribution in [3.05, 3.63) is 63.9 Å². The Balaban J connectivity index is 1.80. The van der Waals surface area contributed by atoms with Crippen molar-refractivity contribution in [2.24, 2.45) is 0 Å². The molecule has 0 saturated heterocycles. The summed E-state index contributed by atoms with van der Waals surface area (Å²) in [5, 5.41) is 14.4. The summed E-state index contributed by atoms with van der Waals surface area (Å²) in [5.41, 5.74) is 1.81. The predicted molar refractivity (Wildman–Crippen MR) is 82.2 cm³/mol. The van der Waals surface area contributed by atoms with Crippen LogP contribution < -0.4 is 5.32 Å². The lowest BCUT2D eigenvalue weighted by Gasteiger charge is -2.14. The van der Waals surface area contributed by atoms with Crippen molar-refractivity contribution >= 4 is 23.2 Å². The van der Waals surface area contributed by atoms with Gasteiger partial charge in [-0.3, -0.25) is 4.98 Å². The average Bonchev–Trinajstić information content (AvgIpc) is 2.47. The molecule has 1 atom stereocenters. The molecular formula is C15H16Cl2N2O. The van der Waals surface area contributed by atoms with Crippen LogP contribution in [0.3, 0.4) is 0 Å². The summed E-state index contributed by atoms with van der Waals surface area (Å²) in [6, 6.07) is 9.03. The van der Waals surface area contributed by atoms with E-state index < -0.39 is 6.10 Å². The molecule has 106 valence electrons. The van der Waals surface area contributed by atoms with Gasteiger partial charge < -0.3 is 10.4 Å². The third-order valence-electron chi connectivity index (χ3n) is 2.97. The van der Waals surface area contributed by atoms with Crippen LogP contribution in [0.1, 0.15) is 17.2 Å². The standard InChI is InChI=1S/C15H16Cl2N2O/c16-12-3-4-14(17)13(8-12)15(20)10-19-7-5-11-2-1-6-18-9-11/h1-4,6,8-9,15,19-20H,5,7,10H2. The Morgan fingerprint density at radius 1 is 1.25 bits per heavy atom. The number of pyridine rings is 1. The predicted octanol–water partition coefficient (Wildman–Crippen LogP) is 3.25. The Morgan fingerprint density at radius 3 is 2.85 bits per heavy atom. The lowest BCUT2D eigenvalue weighted by atomic mass is 10.1. The van der Waals surface area contributed by atoms with Gasteiger partial charge in [-0.1, -0.05) is 29.3 Å². The number of aromatic nitrogens is 1. The van der Waals surface area contributed by atoms with Crippen LogP contribution in [0.2, 0.25) is 10.0 Å². The number of nitrogens with one attached hydrogen (secondary N) is 1. The zero-order valence-corrected chi connectivity index (χ0v) is 12.4. The number of halogens is 2. The maximum Gasteiger partial charge on any atom is 0.0929 e. The van der Waals surface area contributed by atoms with E-state index >= 15 is 0 Å². The number of aliphatic hydroxyl groups is 1. The third kappa shape index (κ3) is 4.46. The normalized spacial score (nSPS) is 12.3. The minimum atomic E-state index is -0.671. The van der Waals surface area contributed by atoms with E-state index in [0.717, 1.165) is 18.5 Å². The Labute approximate surface area is 128 Å². The molecule has 0 fully saturated rings. The molecule has 0 spiro atoms. The molecule has 3 nitrogen and oxygen atoms in total. The molecule has 2 N–H and O–H groups in total. The van der Waals surface area contributed by atoms with Crippen molar-refractivity contribution in [2.45, 2.75) is 12.5 Å². The van der Waals surface area contributed by atoms with E-state index in [1.54, 1.807) is 24.4 Å². The zero-order chi connectivity index (χ0) is 14.4. The highest BCUT2D eigenvalue weighted by molar-refractivity contribution is 6.33. The fourth-order valence-electron chi connectivity index (χ4n) is 1.90. The van der Waals surface area contributed by atoms with Crippen LogP contribution in [0.25, 0.3) is 0 Å². The maximum atomic E-state index is 10.1. The van der Waals surface area contributed by atoms with Crippen molar-refractivity contribution in [3.63, 3.8) is 0 Å². The van der Waals surface area contributed by atoms with Gasteiger partial charge >= 0.3 is 0 Å². The van der Waals surface area contributed by atoms with Crippen LogP contribution in [-0.2, 0) is 6.42 Å². The summed E-state index contributed by atoms with van der Waals surface area (Å²) < 4.78 is 0. The quantitative estimate of drug-likeness (QED) is 0.805. The molecule has 0 bridgehead atoms. The van der Waals surface area contributed by atoms with Crippen molar-refractivity contribution < 1.29 is 5.11 Å². The third-order valence-corrected chi connectivity index (χ3v) is 3.55. The van der Waals surface area contributed by atoms with Gasteiger partial charge in [-0.15, -0.1) is 0 Å². The van der Waals surface area contributed by atoms with E-state index in [1.165, 1.54) is 0 Å². The van der Waals surface area contributed by atoms with Crippen molar-refractivity contribution in [3.8, 4) is 0 Å². The van der Waals surface area contributed by atoms with Gasteiger partial charge in [0.1, 0.15) is 0 Å². The van der Waals surface area contributed by atoms with Crippen LogP contribution in [-0.4, -0.2) is 23.2 Å².